The van der Waals surface area contributed by atoms with E-state index in [1.165, 1.54) is 24.8 Å². The SMILES string of the molecule is COc1cc(CC(=O)[C@H]2CCC(=O)N2C2CCN(Cc3ccc(Cl)c(C)c3)CC2)cc(C(=O)O)c1. The zero-order chi connectivity index (χ0) is 25.1. The normalized spacial score (nSPS) is 19.2. The van der Waals surface area contributed by atoms with E-state index in [1.807, 2.05) is 17.9 Å². The van der Waals surface area contributed by atoms with Gasteiger partial charge in [-0.05, 0) is 67.1 Å². The molecule has 35 heavy (non-hydrogen) atoms. The number of halogens is 1. The number of piperidine rings is 1. The molecule has 0 radical (unpaired) electrons. The number of rotatable bonds is 8. The smallest absolute Gasteiger partial charge is 0.335 e. The number of likely N-dealkylation sites (tertiary alicyclic amines) is 2. The van der Waals surface area contributed by atoms with Gasteiger partial charge in [0, 0.05) is 43.5 Å². The summed E-state index contributed by atoms with van der Waals surface area (Å²) in [6.07, 6.45) is 2.60. The van der Waals surface area contributed by atoms with E-state index in [0.717, 1.165) is 43.1 Å². The number of methoxy groups -OCH3 is 1. The molecule has 8 heteroatoms. The average molecular weight is 499 g/mol. The van der Waals surface area contributed by atoms with Crippen LogP contribution in [0.1, 0.15) is 52.7 Å². The summed E-state index contributed by atoms with van der Waals surface area (Å²) in [5.74, 6) is -0.697. The van der Waals surface area contributed by atoms with Gasteiger partial charge < -0.3 is 14.7 Å². The van der Waals surface area contributed by atoms with Crippen molar-refractivity contribution in [1.29, 1.82) is 0 Å². The molecular formula is C27H31ClN2O5. The molecule has 2 heterocycles. The number of aromatic carboxylic acids is 1. The highest BCUT2D eigenvalue weighted by molar-refractivity contribution is 6.31. The van der Waals surface area contributed by atoms with E-state index in [2.05, 4.69) is 17.0 Å². The van der Waals surface area contributed by atoms with E-state index in [9.17, 15) is 19.5 Å². The number of hydrogen-bond acceptors (Lipinski definition) is 5. The van der Waals surface area contributed by atoms with Crippen LogP contribution >= 0.6 is 11.6 Å². The molecule has 2 saturated heterocycles. The first kappa shape index (κ1) is 25.2. The van der Waals surface area contributed by atoms with E-state index in [4.69, 9.17) is 16.3 Å². The molecular weight excluding hydrogens is 468 g/mol. The van der Waals surface area contributed by atoms with Crippen molar-refractivity contribution in [3.05, 3.63) is 63.7 Å². The van der Waals surface area contributed by atoms with E-state index >= 15 is 0 Å². The fraction of sp³-hybridized carbons (Fsp3) is 0.444. The molecule has 2 aliphatic rings. The molecule has 0 aliphatic carbocycles. The molecule has 186 valence electrons. The lowest BCUT2D eigenvalue weighted by Gasteiger charge is -2.39. The fourth-order valence-electron chi connectivity index (χ4n) is 5.22. The zero-order valence-electron chi connectivity index (χ0n) is 20.1. The topological polar surface area (TPSA) is 87.2 Å². The molecule has 1 atom stereocenters. The molecule has 1 N–H and O–H groups in total. The third-order valence-electron chi connectivity index (χ3n) is 7.03. The number of carboxylic acids is 1. The van der Waals surface area contributed by atoms with E-state index in [1.54, 1.807) is 6.07 Å². The minimum Gasteiger partial charge on any atom is -0.497 e. The van der Waals surface area contributed by atoms with Crippen LogP contribution < -0.4 is 4.74 Å². The lowest BCUT2D eigenvalue weighted by molar-refractivity contribution is -0.137. The predicted octanol–water partition coefficient (Wildman–Crippen LogP) is 4.12. The first-order chi connectivity index (χ1) is 16.7. The molecule has 2 aliphatic heterocycles. The van der Waals surface area contributed by atoms with Gasteiger partial charge in [0.05, 0.1) is 18.7 Å². The third-order valence-corrected chi connectivity index (χ3v) is 7.46. The standard InChI is InChI=1S/C27H31ClN2O5/c1-17-11-18(3-4-23(17)28)16-29-9-7-21(8-10-29)30-24(5-6-26(30)32)25(31)14-19-12-20(27(33)34)15-22(13-19)35-2/h3-4,11-13,15,21,24H,5-10,14,16H2,1-2H3,(H,33,34)/t24-/m1/s1. The minimum atomic E-state index is -1.07. The molecule has 2 fully saturated rings. The molecule has 0 saturated carbocycles. The molecule has 2 aromatic rings. The Morgan fingerprint density at radius 3 is 2.49 bits per heavy atom. The van der Waals surface area contributed by atoms with Crippen molar-refractivity contribution in [2.45, 2.75) is 57.7 Å². The Balaban J connectivity index is 1.39. The van der Waals surface area contributed by atoms with Crippen molar-refractivity contribution in [3.8, 4) is 5.75 Å². The first-order valence-electron chi connectivity index (χ1n) is 12.0. The predicted molar refractivity (Wildman–Crippen MR) is 133 cm³/mol. The van der Waals surface area contributed by atoms with Gasteiger partial charge in [0.25, 0.3) is 0 Å². The maximum absolute atomic E-state index is 13.3. The summed E-state index contributed by atoms with van der Waals surface area (Å²) in [6.45, 7) is 4.55. The summed E-state index contributed by atoms with van der Waals surface area (Å²) in [5, 5.41) is 10.1. The molecule has 0 aromatic heterocycles. The number of nitrogens with zero attached hydrogens (tertiary/aromatic N) is 2. The van der Waals surface area contributed by atoms with Gasteiger partial charge in [-0.3, -0.25) is 14.5 Å². The van der Waals surface area contributed by atoms with Gasteiger partial charge in [0.1, 0.15) is 5.75 Å². The number of carboxylic acid groups (broad SMARTS) is 1. The van der Waals surface area contributed by atoms with Crippen molar-refractivity contribution in [1.82, 2.24) is 9.80 Å². The fourth-order valence-corrected chi connectivity index (χ4v) is 5.34. The van der Waals surface area contributed by atoms with Crippen LogP contribution in [0, 0.1) is 6.92 Å². The van der Waals surface area contributed by atoms with Gasteiger partial charge in [-0.1, -0.05) is 23.7 Å². The second-order valence-corrected chi connectivity index (χ2v) is 9.87. The van der Waals surface area contributed by atoms with Crippen LogP contribution in [0.25, 0.3) is 0 Å². The maximum Gasteiger partial charge on any atom is 0.335 e. The number of ether oxygens (including phenoxy) is 1. The second kappa shape index (κ2) is 10.8. The van der Waals surface area contributed by atoms with Crippen LogP contribution in [0.2, 0.25) is 5.02 Å². The number of Topliss-reactive ketones (excluding diaryl/α,β-unsaturated/α-hetero) is 1. The summed E-state index contributed by atoms with van der Waals surface area (Å²) in [5.41, 5.74) is 2.94. The Morgan fingerprint density at radius 1 is 1.09 bits per heavy atom. The van der Waals surface area contributed by atoms with Gasteiger partial charge in [-0.15, -0.1) is 0 Å². The minimum absolute atomic E-state index is 0.0343. The van der Waals surface area contributed by atoms with Crippen molar-refractivity contribution < 1.29 is 24.2 Å². The van der Waals surface area contributed by atoms with E-state index in [-0.39, 0.29) is 29.7 Å². The van der Waals surface area contributed by atoms with Crippen LogP contribution in [0.4, 0.5) is 0 Å². The van der Waals surface area contributed by atoms with Crippen LogP contribution in [-0.4, -0.2) is 64.8 Å². The molecule has 2 aromatic carbocycles. The maximum atomic E-state index is 13.3. The number of carbonyl (C=O) groups is 3. The third kappa shape index (κ3) is 5.85. The molecule has 0 bridgehead atoms. The monoisotopic (exact) mass is 498 g/mol. The molecule has 0 unspecified atom stereocenters. The van der Waals surface area contributed by atoms with Gasteiger partial charge >= 0.3 is 5.97 Å². The highest BCUT2D eigenvalue weighted by Crippen LogP contribution is 2.30. The molecule has 7 nitrogen and oxygen atoms in total. The van der Waals surface area contributed by atoms with Crippen LogP contribution in [0.3, 0.4) is 0 Å². The second-order valence-electron chi connectivity index (χ2n) is 9.46. The van der Waals surface area contributed by atoms with E-state index < -0.39 is 12.0 Å². The summed E-state index contributed by atoms with van der Waals surface area (Å²) in [6, 6.07) is 10.3. The first-order valence-corrected chi connectivity index (χ1v) is 12.4. The highest BCUT2D eigenvalue weighted by atomic mass is 35.5. The number of aryl methyl sites for hydroxylation is 1. The quantitative estimate of drug-likeness (QED) is 0.589. The average Bonchev–Trinajstić information content (AvgIpc) is 3.23. The Kier molecular flexibility index (Phi) is 7.77. The van der Waals surface area contributed by atoms with Crippen molar-refractivity contribution in [2.24, 2.45) is 0 Å². The van der Waals surface area contributed by atoms with E-state index in [0.29, 0.717) is 24.2 Å². The van der Waals surface area contributed by atoms with Crippen LogP contribution in [0.15, 0.2) is 36.4 Å². The van der Waals surface area contributed by atoms with Crippen LogP contribution in [0.5, 0.6) is 5.75 Å². The van der Waals surface area contributed by atoms with Crippen molar-refractivity contribution in [2.75, 3.05) is 20.2 Å². The van der Waals surface area contributed by atoms with Gasteiger partial charge in [-0.2, -0.15) is 0 Å². The molecule has 4 rings (SSSR count). The number of benzene rings is 2. The Hall–Kier alpha value is -2.90. The Morgan fingerprint density at radius 2 is 1.83 bits per heavy atom. The number of carbonyl (C=O) groups excluding carboxylic acids is 2. The number of ketones is 1. The highest BCUT2D eigenvalue weighted by Gasteiger charge is 2.40. The molecule has 1 amide bonds. The largest absolute Gasteiger partial charge is 0.497 e. The number of amides is 1. The lowest BCUT2D eigenvalue weighted by Crippen LogP contribution is -2.50. The summed E-state index contributed by atoms with van der Waals surface area (Å²) in [4.78, 5) is 41.7. The van der Waals surface area contributed by atoms with Gasteiger partial charge in [0.2, 0.25) is 5.91 Å². The summed E-state index contributed by atoms with van der Waals surface area (Å²) in [7, 11) is 1.46. The Labute approximate surface area is 210 Å². The summed E-state index contributed by atoms with van der Waals surface area (Å²) >= 11 is 6.14. The van der Waals surface area contributed by atoms with Crippen molar-refractivity contribution in [3.63, 3.8) is 0 Å². The zero-order valence-corrected chi connectivity index (χ0v) is 20.9. The van der Waals surface area contributed by atoms with Gasteiger partial charge in [0.15, 0.2) is 5.78 Å². The van der Waals surface area contributed by atoms with Gasteiger partial charge in [-0.25, -0.2) is 4.79 Å². The van der Waals surface area contributed by atoms with Crippen molar-refractivity contribution >= 4 is 29.3 Å². The summed E-state index contributed by atoms with van der Waals surface area (Å²) < 4.78 is 5.20. The molecule has 0 spiro atoms. The lowest BCUT2D eigenvalue weighted by atomic mass is 9.97. The Bertz CT molecular complexity index is 1130. The number of hydrogen-bond donors (Lipinski definition) is 1. The van der Waals surface area contributed by atoms with Crippen LogP contribution in [-0.2, 0) is 22.6 Å².